The van der Waals surface area contributed by atoms with E-state index in [1.54, 1.807) is 0 Å². The Morgan fingerprint density at radius 2 is 2.20 bits per heavy atom. The topological polar surface area (TPSA) is 60.0 Å². The van der Waals surface area contributed by atoms with E-state index in [0.29, 0.717) is 0 Å². The van der Waals surface area contributed by atoms with Crippen LogP contribution in [0.15, 0.2) is 6.20 Å². The Hall–Kier alpha value is -0.940. The van der Waals surface area contributed by atoms with Gasteiger partial charge in [-0.15, -0.1) is 5.10 Å². The fraction of sp³-hybridized carbons (Fsp3) is 0.800. The van der Waals surface area contributed by atoms with Crippen molar-refractivity contribution in [3.05, 3.63) is 11.9 Å². The maximum absolute atomic E-state index is 5.43. The van der Waals surface area contributed by atoms with Gasteiger partial charge >= 0.3 is 0 Å². The van der Waals surface area contributed by atoms with Crippen LogP contribution >= 0.6 is 0 Å². The fourth-order valence-corrected chi connectivity index (χ4v) is 1.32. The zero-order valence-electron chi connectivity index (χ0n) is 9.69. The molecular weight excluding hydrogens is 190 g/mol. The van der Waals surface area contributed by atoms with Crippen molar-refractivity contribution in [1.29, 1.82) is 0 Å². The highest BCUT2D eigenvalue weighted by molar-refractivity contribution is 4.92. The third kappa shape index (κ3) is 4.90. The van der Waals surface area contributed by atoms with E-state index in [-0.39, 0.29) is 0 Å². The van der Waals surface area contributed by atoms with Gasteiger partial charge in [0, 0.05) is 12.7 Å². The van der Waals surface area contributed by atoms with Crippen molar-refractivity contribution in [3.8, 4) is 0 Å². The Balaban J connectivity index is 2.29. The van der Waals surface area contributed by atoms with Crippen LogP contribution in [0.4, 0.5) is 0 Å². The van der Waals surface area contributed by atoms with E-state index in [4.69, 9.17) is 5.73 Å². The lowest BCUT2D eigenvalue weighted by molar-refractivity contribution is 0.370. The quantitative estimate of drug-likeness (QED) is 0.651. The second-order valence-electron chi connectivity index (χ2n) is 4.02. The summed E-state index contributed by atoms with van der Waals surface area (Å²) in [6, 6.07) is 0. The van der Waals surface area contributed by atoms with E-state index in [0.717, 1.165) is 44.6 Å². The molecule has 0 fully saturated rings. The molecule has 0 saturated heterocycles. The average Bonchev–Trinajstić information content (AvgIpc) is 2.63. The van der Waals surface area contributed by atoms with Gasteiger partial charge in [0.05, 0.1) is 12.2 Å². The molecule has 1 aromatic rings. The third-order valence-electron chi connectivity index (χ3n) is 2.25. The average molecular weight is 211 g/mol. The van der Waals surface area contributed by atoms with E-state index in [1.807, 2.05) is 10.9 Å². The summed E-state index contributed by atoms with van der Waals surface area (Å²) in [6.07, 6.45) is 5.17. The Kier molecular flexibility index (Phi) is 5.28. The summed E-state index contributed by atoms with van der Waals surface area (Å²) in [5, 5.41) is 8.20. The van der Waals surface area contributed by atoms with E-state index in [9.17, 15) is 0 Å². The van der Waals surface area contributed by atoms with Gasteiger partial charge in [-0.2, -0.15) is 0 Å². The van der Waals surface area contributed by atoms with Gasteiger partial charge in [-0.1, -0.05) is 5.21 Å². The number of rotatable bonds is 7. The molecule has 0 atom stereocenters. The predicted octanol–water partition coefficient (Wildman–Crippen LogP) is 0.121. The molecule has 0 spiro atoms. The molecular formula is C10H21N5. The van der Waals surface area contributed by atoms with Crippen LogP contribution in [-0.2, 0) is 13.0 Å². The molecule has 86 valence electrons. The molecule has 5 nitrogen and oxygen atoms in total. The summed E-state index contributed by atoms with van der Waals surface area (Å²) in [6.45, 7) is 2.65. The van der Waals surface area contributed by atoms with E-state index in [1.165, 1.54) is 0 Å². The second-order valence-corrected chi connectivity index (χ2v) is 4.02. The first-order valence-corrected chi connectivity index (χ1v) is 5.46. The monoisotopic (exact) mass is 211 g/mol. The van der Waals surface area contributed by atoms with Crippen molar-refractivity contribution >= 4 is 0 Å². The zero-order valence-corrected chi connectivity index (χ0v) is 9.69. The van der Waals surface area contributed by atoms with Crippen LogP contribution in [0.5, 0.6) is 0 Å². The molecule has 0 unspecified atom stereocenters. The van der Waals surface area contributed by atoms with E-state index in [2.05, 4.69) is 29.3 Å². The standard InChI is InChI=1S/C10H21N5/c1-14(2)7-8-15-9-10(12-13-15)5-3-4-6-11/h9H,3-8,11H2,1-2H3. The van der Waals surface area contributed by atoms with Gasteiger partial charge in [0.1, 0.15) is 0 Å². The maximum atomic E-state index is 5.43. The summed E-state index contributed by atoms with van der Waals surface area (Å²) in [4.78, 5) is 2.13. The highest BCUT2D eigenvalue weighted by Gasteiger charge is 2.00. The lowest BCUT2D eigenvalue weighted by Gasteiger charge is -2.07. The molecule has 0 aromatic carbocycles. The summed E-state index contributed by atoms with van der Waals surface area (Å²) in [5.74, 6) is 0. The minimum atomic E-state index is 0.759. The van der Waals surface area contributed by atoms with Crippen LogP contribution in [0.3, 0.4) is 0 Å². The zero-order chi connectivity index (χ0) is 11.1. The van der Waals surface area contributed by atoms with Gasteiger partial charge in [-0.25, -0.2) is 0 Å². The second kappa shape index (κ2) is 6.53. The SMILES string of the molecule is CN(C)CCn1cc(CCCCN)nn1. The van der Waals surface area contributed by atoms with Crippen LogP contribution in [0, 0.1) is 0 Å². The summed E-state index contributed by atoms with van der Waals surface area (Å²) >= 11 is 0. The number of nitrogens with two attached hydrogens (primary N) is 1. The molecule has 1 heterocycles. The molecule has 0 aliphatic rings. The molecule has 2 N–H and O–H groups in total. The number of aryl methyl sites for hydroxylation is 1. The number of likely N-dealkylation sites (N-methyl/N-ethyl adjacent to an activating group) is 1. The van der Waals surface area contributed by atoms with Crippen LogP contribution in [0.25, 0.3) is 0 Å². The Labute approximate surface area is 91.2 Å². The van der Waals surface area contributed by atoms with Gasteiger partial charge in [-0.05, 0) is 39.9 Å². The molecule has 0 bridgehead atoms. The Morgan fingerprint density at radius 3 is 2.87 bits per heavy atom. The molecule has 1 aromatic heterocycles. The summed E-state index contributed by atoms with van der Waals surface area (Å²) in [5.41, 5.74) is 6.50. The van der Waals surface area contributed by atoms with Gasteiger partial charge in [-0.3, -0.25) is 4.68 Å². The fourth-order valence-electron chi connectivity index (χ4n) is 1.32. The molecule has 0 radical (unpaired) electrons. The lowest BCUT2D eigenvalue weighted by atomic mass is 10.2. The molecule has 15 heavy (non-hydrogen) atoms. The van der Waals surface area contributed by atoms with Crippen molar-refractivity contribution < 1.29 is 0 Å². The van der Waals surface area contributed by atoms with Gasteiger partial charge < -0.3 is 10.6 Å². The first kappa shape index (κ1) is 12.1. The van der Waals surface area contributed by atoms with Crippen molar-refractivity contribution in [3.63, 3.8) is 0 Å². The minimum absolute atomic E-state index is 0.759. The largest absolute Gasteiger partial charge is 0.330 e. The van der Waals surface area contributed by atoms with Gasteiger partial charge in [0.2, 0.25) is 0 Å². The Bertz CT molecular complexity index is 269. The van der Waals surface area contributed by atoms with Crippen molar-refractivity contribution in [2.45, 2.75) is 25.8 Å². The first-order chi connectivity index (χ1) is 7.22. The van der Waals surface area contributed by atoms with Crippen molar-refractivity contribution in [2.24, 2.45) is 5.73 Å². The number of hydrogen-bond donors (Lipinski definition) is 1. The number of nitrogens with zero attached hydrogens (tertiary/aromatic N) is 4. The third-order valence-corrected chi connectivity index (χ3v) is 2.25. The highest BCUT2D eigenvalue weighted by atomic mass is 15.4. The van der Waals surface area contributed by atoms with Crippen molar-refractivity contribution in [2.75, 3.05) is 27.2 Å². The highest BCUT2D eigenvalue weighted by Crippen LogP contribution is 2.00. The molecule has 0 amide bonds. The number of hydrogen-bond acceptors (Lipinski definition) is 4. The van der Waals surface area contributed by atoms with Gasteiger partial charge in [0.15, 0.2) is 0 Å². The van der Waals surface area contributed by atoms with Crippen molar-refractivity contribution in [1.82, 2.24) is 19.9 Å². The lowest BCUT2D eigenvalue weighted by Crippen LogP contribution is -2.18. The van der Waals surface area contributed by atoms with E-state index < -0.39 is 0 Å². The number of unbranched alkanes of at least 4 members (excludes halogenated alkanes) is 1. The normalized spacial score (nSPS) is 11.2. The first-order valence-electron chi connectivity index (χ1n) is 5.46. The Morgan fingerprint density at radius 1 is 1.40 bits per heavy atom. The predicted molar refractivity (Wildman–Crippen MR) is 60.6 cm³/mol. The van der Waals surface area contributed by atoms with Gasteiger partial charge in [0.25, 0.3) is 0 Å². The molecule has 0 aliphatic carbocycles. The maximum Gasteiger partial charge on any atom is 0.0827 e. The van der Waals surface area contributed by atoms with E-state index >= 15 is 0 Å². The summed E-state index contributed by atoms with van der Waals surface area (Å²) < 4.78 is 1.90. The molecule has 1 rings (SSSR count). The minimum Gasteiger partial charge on any atom is -0.330 e. The summed E-state index contributed by atoms with van der Waals surface area (Å²) in [7, 11) is 4.11. The molecule has 0 aliphatic heterocycles. The smallest absolute Gasteiger partial charge is 0.0827 e. The van der Waals surface area contributed by atoms with Crippen LogP contribution in [-0.4, -0.2) is 47.1 Å². The number of aromatic nitrogens is 3. The van der Waals surface area contributed by atoms with Crippen LogP contribution < -0.4 is 5.73 Å². The van der Waals surface area contributed by atoms with Crippen LogP contribution in [0.2, 0.25) is 0 Å². The molecule has 5 heteroatoms. The molecule has 0 saturated carbocycles. The van der Waals surface area contributed by atoms with Crippen LogP contribution in [0.1, 0.15) is 18.5 Å².